The molecular weight excluding hydrogens is 382 g/mol. The highest BCUT2D eigenvalue weighted by molar-refractivity contribution is 5.99. The van der Waals surface area contributed by atoms with Crippen LogP contribution in [0.1, 0.15) is 5.56 Å². The van der Waals surface area contributed by atoms with Gasteiger partial charge in [-0.2, -0.15) is 5.10 Å². The van der Waals surface area contributed by atoms with Crippen LogP contribution in [0.4, 0.5) is 17.2 Å². The first-order valence-electron chi connectivity index (χ1n) is 10.1. The predicted octanol–water partition coefficient (Wildman–Crippen LogP) is 1.91. The van der Waals surface area contributed by atoms with Crippen LogP contribution in [0.5, 0.6) is 0 Å². The molecule has 0 atom stereocenters. The number of anilines is 3. The Hall–Kier alpha value is -3.30. The second kappa shape index (κ2) is 8.21. The van der Waals surface area contributed by atoms with Crippen molar-refractivity contribution in [3.05, 3.63) is 48.5 Å². The topological polar surface area (TPSA) is 97.2 Å². The first kappa shape index (κ1) is 18.7. The monoisotopic (exact) mass is 405 g/mol. The van der Waals surface area contributed by atoms with E-state index < -0.39 is 0 Å². The second-order valence-corrected chi connectivity index (χ2v) is 7.45. The van der Waals surface area contributed by atoms with Crippen molar-refractivity contribution < 1.29 is 9.53 Å². The number of rotatable bonds is 6. The van der Waals surface area contributed by atoms with E-state index in [1.165, 1.54) is 0 Å². The molecule has 3 aromatic rings. The van der Waals surface area contributed by atoms with Crippen molar-refractivity contribution in [1.29, 1.82) is 0 Å². The van der Waals surface area contributed by atoms with E-state index in [-0.39, 0.29) is 5.91 Å². The molecule has 9 heteroatoms. The number of hydrogen-bond donors (Lipinski definition) is 2. The van der Waals surface area contributed by atoms with E-state index in [1.54, 1.807) is 12.4 Å². The molecule has 2 aromatic heterocycles. The van der Waals surface area contributed by atoms with Gasteiger partial charge in [-0.15, -0.1) is 0 Å². The zero-order valence-electron chi connectivity index (χ0n) is 16.5. The van der Waals surface area contributed by atoms with E-state index in [2.05, 4.69) is 30.6 Å². The van der Waals surface area contributed by atoms with Gasteiger partial charge in [0.15, 0.2) is 0 Å². The Morgan fingerprint density at radius 3 is 2.83 bits per heavy atom. The average molecular weight is 405 g/mol. The molecule has 0 spiro atoms. The molecule has 5 rings (SSSR count). The largest absolute Gasteiger partial charge is 0.379 e. The fourth-order valence-corrected chi connectivity index (χ4v) is 3.68. The summed E-state index contributed by atoms with van der Waals surface area (Å²) in [6.07, 6.45) is 7.68. The van der Waals surface area contributed by atoms with Gasteiger partial charge in [-0.25, -0.2) is 4.98 Å². The number of benzene rings is 1. The summed E-state index contributed by atoms with van der Waals surface area (Å²) in [6, 6.07) is 5.77. The van der Waals surface area contributed by atoms with E-state index in [0.717, 1.165) is 67.6 Å². The highest BCUT2D eigenvalue weighted by Crippen LogP contribution is 2.27. The Morgan fingerprint density at radius 1 is 1.10 bits per heavy atom. The average Bonchev–Trinajstić information content (AvgIpc) is 3.39. The molecule has 1 saturated heterocycles. The molecule has 0 aliphatic carbocycles. The van der Waals surface area contributed by atoms with Crippen molar-refractivity contribution in [1.82, 2.24) is 24.6 Å². The SMILES string of the molecule is O=C1Cc2cc(Nc3cnc(-c4cnn(CCN5CCOCC5)c4)cn3)ccc2N1. The van der Waals surface area contributed by atoms with E-state index in [9.17, 15) is 4.79 Å². The van der Waals surface area contributed by atoms with Gasteiger partial charge in [-0.05, 0) is 23.8 Å². The summed E-state index contributed by atoms with van der Waals surface area (Å²) < 4.78 is 7.33. The summed E-state index contributed by atoms with van der Waals surface area (Å²) in [4.78, 5) is 22.9. The molecule has 2 N–H and O–H groups in total. The number of ether oxygens (including phenoxy) is 1. The number of amides is 1. The number of aromatic nitrogens is 4. The molecular formula is C21H23N7O2. The standard InChI is InChI=1S/C21H23N7O2/c29-21-10-15-9-17(1-2-18(15)26-21)25-20-13-22-19(12-23-20)16-11-24-28(14-16)4-3-27-5-7-30-8-6-27/h1-2,9,11-14H,3-8,10H2,(H,23,25)(H,26,29). The maximum absolute atomic E-state index is 11.5. The van der Waals surface area contributed by atoms with Gasteiger partial charge in [0.05, 0.1) is 50.5 Å². The van der Waals surface area contributed by atoms with Crippen molar-refractivity contribution in [3.8, 4) is 11.3 Å². The zero-order valence-corrected chi connectivity index (χ0v) is 16.5. The molecule has 1 amide bonds. The van der Waals surface area contributed by atoms with Crippen LogP contribution in [-0.2, 0) is 22.5 Å². The van der Waals surface area contributed by atoms with Gasteiger partial charge in [0.2, 0.25) is 5.91 Å². The van der Waals surface area contributed by atoms with Gasteiger partial charge < -0.3 is 15.4 Å². The first-order chi connectivity index (χ1) is 14.7. The summed E-state index contributed by atoms with van der Waals surface area (Å²) in [7, 11) is 0. The third kappa shape index (κ3) is 4.17. The molecule has 4 heterocycles. The molecule has 2 aliphatic rings. The van der Waals surface area contributed by atoms with E-state index in [4.69, 9.17) is 4.74 Å². The van der Waals surface area contributed by atoms with Crippen molar-refractivity contribution >= 4 is 23.1 Å². The maximum Gasteiger partial charge on any atom is 0.228 e. The molecule has 0 saturated carbocycles. The van der Waals surface area contributed by atoms with Crippen LogP contribution in [0.15, 0.2) is 43.0 Å². The van der Waals surface area contributed by atoms with Crippen LogP contribution >= 0.6 is 0 Å². The zero-order chi connectivity index (χ0) is 20.3. The smallest absolute Gasteiger partial charge is 0.228 e. The summed E-state index contributed by atoms with van der Waals surface area (Å²) in [5.74, 6) is 0.674. The van der Waals surface area contributed by atoms with Crippen LogP contribution in [0.25, 0.3) is 11.3 Å². The van der Waals surface area contributed by atoms with Crippen molar-refractivity contribution in [3.63, 3.8) is 0 Å². The lowest BCUT2D eigenvalue weighted by Gasteiger charge is -2.26. The van der Waals surface area contributed by atoms with Crippen LogP contribution in [0.3, 0.4) is 0 Å². The third-order valence-corrected chi connectivity index (χ3v) is 5.33. The fraction of sp³-hybridized carbons (Fsp3) is 0.333. The molecule has 154 valence electrons. The van der Waals surface area contributed by atoms with Crippen molar-refractivity contribution in [2.24, 2.45) is 0 Å². The summed E-state index contributed by atoms with van der Waals surface area (Å²) in [6.45, 7) is 5.36. The van der Waals surface area contributed by atoms with E-state index >= 15 is 0 Å². The third-order valence-electron chi connectivity index (χ3n) is 5.33. The van der Waals surface area contributed by atoms with Gasteiger partial charge in [0, 0.05) is 42.8 Å². The Morgan fingerprint density at radius 2 is 2.00 bits per heavy atom. The lowest BCUT2D eigenvalue weighted by Crippen LogP contribution is -2.38. The minimum absolute atomic E-state index is 0.0248. The molecule has 1 aromatic carbocycles. The first-order valence-corrected chi connectivity index (χ1v) is 10.1. The van der Waals surface area contributed by atoms with Gasteiger partial charge in [-0.3, -0.25) is 19.4 Å². The summed E-state index contributed by atoms with van der Waals surface area (Å²) in [5.41, 5.74) is 4.46. The Labute approximate surface area is 174 Å². The fourth-order valence-electron chi connectivity index (χ4n) is 3.68. The molecule has 30 heavy (non-hydrogen) atoms. The van der Waals surface area contributed by atoms with E-state index in [0.29, 0.717) is 12.2 Å². The van der Waals surface area contributed by atoms with Gasteiger partial charge in [0.1, 0.15) is 5.82 Å². The molecule has 9 nitrogen and oxygen atoms in total. The minimum atomic E-state index is 0.0248. The molecule has 1 fully saturated rings. The highest BCUT2D eigenvalue weighted by atomic mass is 16.5. The predicted molar refractivity (Wildman–Crippen MR) is 113 cm³/mol. The van der Waals surface area contributed by atoms with Gasteiger partial charge in [0.25, 0.3) is 0 Å². The maximum atomic E-state index is 11.5. The number of morpholine rings is 1. The lowest BCUT2D eigenvalue weighted by atomic mass is 10.1. The number of hydrogen-bond acceptors (Lipinski definition) is 7. The van der Waals surface area contributed by atoms with Crippen LogP contribution in [0, 0.1) is 0 Å². The van der Waals surface area contributed by atoms with Gasteiger partial charge >= 0.3 is 0 Å². The lowest BCUT2D eigenvalue weighted by molar-refractivity contribution is -0.115. The summed E-state index contributed by atoms with van der Waals surface area (Å²) in [5, 5.41) is 10.5. The number of carbonyl (C=O) groups excluding carboxylic acids is 1. The minimum Gasteiger partial charge on any atom is -0.379 e. The molecule has 0 bridgehead atoms. The number of nitrogens with zero attached hydrogens (tertiary/aromatic N) is 5. The number of nitrogens with one attached hydrogen (secondary N) is 2. The molecule has 0 radical (unpaired) electrons. The Bertz CT molecular complexity index is 1040. The molecule has 2 aliphatic heterocycles. The Balaban J connectivity index is 1.21. The van der Waals surface area contributed by atoms with E-state index in [1.807, 2.05) is 35.3 Å². The van der Waals surface area contributed by atoms with Crippen molar-refractivity contribution in [2.75, 3.05) is 43.5 Å². The van der Waals surface area contributed by atoms with Crippen molar-refractivity contribution in [2.45, 2.75) is 13.0 Å². The number of carbonyl (C=O) groups is 1. The summed E-state index contributed by atoms with van der Waals surface area (Å²) >= 11 is 0. The van der Waals surface area contributed by atoms with Crippen LogP contribution < -0.4 is 10.6 Å². The second-order valence-electron chi connectivity index (χ2n) is 7.45. The number of fused-ring (bicyclic) bond motifs is 1. The van der Waals surface area contributed by atoms with Gasteiger partial charge in [-0.1, -0.05) is 0 Å². The Kier molecular flexibility index (Phi) is 5.12. The normalized spacial score (nSPS) is 16.3. The van der Waals surface area contributed by atoms with Crippen LogP contribution in [-0.4, -0.2) is 63.4 Å². The molecule has 0 unspecified atom stereocenters. The van der Waals surface area contributed by atoms with Crippen LogP contribution in [0.2, 0.25) is 0 Å². The quantitative estimate of drug-likeness (QED) is 0.647. The highest BCUT2D eigenvalue weighted by Gasteiger charge is 2.17.